The highest BCUT2D eigenvalue weighted by atomic mass is 16.6. The fourth-order valence-electron chi connectivity index (χ4n) is 9.56. The van der Waals surface area contributed by atoms with Gasteiger partial charge in [0.1, 0.15) is 66.3 Å². The number of carbonyl (C=O) groups is 13. The topological polar surface area (TPSA) is 407 Å². The molecule has 0 aliphatic rings. The van der Waals surface area contributed by atoms with Crippen molar-refractivity contribution in [2.75, 3.05) is 52.6 Å². The van der Waals surface area contributed by atoms with Crippen molar-refractivity contribution in [3.8, 4) is 0 Å². The quantitative estimate of drug-likeness (QED) is 0.0173. The molecule has 3 aromatic rings. The van der Waals surface area contributed by atoms with Crippen LogP contribution in [0.5, 0.6) is 0 Å². The van der Waals surface area contributed by atoms with Crippen molar-refractivity contribution < 1.29 is 95.5 Å². The van der Waals surface area contributed by atoms with Crippen LogP contribution in [0.3, 0.4) is 0 Å². The summed E-state index contributed by atoms with van der Waals surface area (Å²) in [5.74, 6) is -6.11. The zero-order chi connectivity index (χ0) is 78.0. The van der Waals surface area contributed by atoms with E-state index in [0.717, 1.165) is 24.8 Å². The van der Waals surface area contributed by atoms with E-state index in [1.165, 1.54) is 45.0 Å². The SMILES string of the molecule is C[C@H](NC(=O)[C@H](C)NC(=O)[C@H](CCCCNC(=O)c1ccc(C(=O)NCCOCCOCCNC(=O)CCCCCCCNC(=O)CC[C@H](NC(=O)N[C@@H](CCC(=O)OC(C)(C)C)C(=O)OC(C)(C)C)C(=O)OC(C)(C)C)cc1)NC(=O)OCc1ccccc1)C(=O)N[C@@H](C)C(=O)OCc1ccccc1. The molecular weight excluding hydrogens is 1360 g/mol. The van der Waals surface area contributed by atoms with Gasteiger partial charge in [-0.1, -0.05) is 79.9 Å². The zero-order valence-corrected chi connectivity index (χ0v) is 63.0. The first-order chi connectivity index (χ1) is 49.6. The molecule has 105 heavy (non-hydrogen) atoms. The molecule has 30 heteroatoms. The third-order valence-electron chi connectivity index (χ3n) is 15.0. The molecule has 6 atom stereocenters. The average Bonchev–Trinajstić information content (AvgIpc) is 0.881. The van der Waals surface area contributed by atoms with Crippen molar-refractivity contribution in [1.82, 2.24) is 53.2 Å². The van der Waals surface area contributed by atoms with E-state index in [1.54, 1.807) is 111 Å². The Labute approximate surface area is 616 Å². The monoisotopic (exact) mass is 1470 g/mol. The number of hydrogen-bond acceptors (Lipinski definition) is 20. The predicted molar refractivity (Wildman–Crippen MR) is 388 cm³/mol. The lowest BCUT2D eigenvalue weighted by molar-refractivity contribution is -0.159. The predicted octanol–water partition coefficient (Wildman–Crippen LogP) is 6.10. The Bertz CT molecular complexity index is 3250. The number of alkyl carbamates (subject to hydrolysis) is 1. The number of nitrogens with one attached hydrogen (secondary N) is 10. The summed E-state index contributed by atoms with van der Waals surface area (Å²) in [7, 11) is 0. The van der Waals surface area contributed by atoms with Crippen LogP contribution in [0.1, 0.15) is 198 Å². The Morgan fingerprint density at radius 2 is 0.781 bits per heavy atom. The number of benzene rings is 3. The minimum Gasteiger partial charge on any atom is -0.460 e. The number of esters is 4. The molecular formula is C75H112N10O20. The van der Waals surface area contributed by atoms with E-state index >= 15 is 0 Å². The second-order valence-corrected chi connectivity index (χ2v) is 28.0. The minimum atomic E-state index is -1.26. The van der Waals surface area contributed by atoms with E-state index in [9.17, 15) is 62.3 Å². The molecule has 30 nitrogen and oxygen atoms in total. The molecule has 0 unspecified atom stereocenters. The highest BCUT2D eigenvalue weighted by Crippen LogP contribution is 2.17. The van der Waals surface area contributed by atoms with Crippen LogP contribution in [0.25, 0.3) is 0 Å². The maximum atomic E-state index is 13.6. The van der Waals surface area contributed by atoms with E-state index in [2.05, 4.69) is 53.2 Å². The standard InChI is InChI=1S/C75H112N10O20/c1-50(64(90)82-52(3)68(94)101-48-53-26-18-16-19-27-53)80-63(89)51(2)81-67(93)57(85-72(98)102-49-54-28-20-17-21-29-54)30-23-25-41-78-65(91)55-32-34-56(35-33-55)66(92)79-43-45-100-47-46-99-44-42-77-60(86)31-22-14-13-15-24-40-76-61(87)38-36-58(69(95)104-74(7,8)9)83-71(97)84-59(70(96)105-75(10,11)12)37-39-62(88)103-73(4,5)6/h16-21,26-29,32-35,50-52,57-59H,13-15,22-25,30-31,36-49H2,1-12H3,(H,76,87)(H,77,86)(H,78,91)(H,79,92)(H,80,89)(H,81,93)(H,82,90)(H,85,98)(H2,83,84,97)/t50-,51-,52-,57-,58-,59-/m0/s1. The minimum absolute atomic E-state index is 0.0144. The van der Waals surface area contributed by atoms with Crippen molar-refractivity contribution in [3.63, 3.8) is 0 Å². The molecule has 0 fully saturated rings. The summed E-state index contributed by atoms with van der Waals surface area (Å²) >= 11 is 0. The number of urea groups is 1. The van der Waals surface area contributed by atoms with Crippen molar-refractivity contribution in [2.45, 2.75) is 233 Å². The second-order valence-electron chi connectivity index (χ2n) is 28.0. The van der Waals surface area contributed by atoms with E-state index in [4.69, 9.17) is 33.2 Å². The fourth-order valence-corrected chi connectivity index (χ4v) is 9.56. The number of amides is 10. The van der Waals surface area contributed by atoms with Crippen molar-refractivity contribution in [3.05, 3.63) is 107 Å². The van der Waals surface area contributed by atoms with Gasteiger partial charge in [-0.3, -0.25) is 38.4 Å². The Hall–Kier alpha value is -9.71. The highest BCUT2D eigenvalue weighted by Gasteiger charge is 2.33. The lowest BCUT2D eigenvalue weighted by atomic mass is 10.1. The van der Waals surface area contributed by atoms with Crippen LogP contribution < -0.4 is 53.2 Å². The maximum Gasteiger partial charge on any atom is 0.408 e. The summed E-state index contributed by atoms with van der Waals surface area (Å²) in [6, 6.07) is 16.1. The first kappa shape index (κ1) is 89.5. The van der Waals surface area contributed by atoms with Crippen LogP contribution in [0.15, 0.2) is 84.9 Å². The number of unbranched alkanes of at least 4 members (excludes halogenated alkanes) is 5. The van der Waals surface area contributed by atoms with Gasteiger partial charge in [0.05, 0.1) is 26.4 Å². The molecule has 0 bridgehead atoms. The van der Waals surface area contributed by atoms with Crippen LogP contribution >= 0.6 is 0 Å². The highest BCUT2D eigenvalue weighted by molar-refractivity contribution is 5.98. The van der Waals surface area contributed by atoms with Crippen LogP contribution in [0.2, 0.25) is 0 Å². The molecule has 0 aliphatic carbocycles. The third-order valence-corrected chi connectivity index (χ3v) is 15.0. The van der Waals surface area contributed by atoms with E-state index in [1.807, 2.05) is 12.1 Å². The van der Waals surface area contributed by atoms with E-state index in [0.29, 0.717) is 61.9 Å². The molecule has 0 heterocycles. The Kier molecular flexibility index (Phi) is 40.6. The van der Waals surface area contributed by atoms with Crippen molar-refractivity contribution >= 4 is 77.4 Å². The summed E-state index contributed by atoms with van der Waals surface area (Å²) in [4.78, 5) is 168. The Morgan fingerprint density at radius 1 is 0.362 bits per heavy atom. The lowest BCUT2D eigenvalue weighted by Gasteiger charge is -2.27. The summed E-state index contributed by atoms with van der Waals surface area (Å²) in [6.07, 6.45) is 3.55. The second kappa shape index (κ2) is 47.6. The molecule has 0 spiro atoms. The summed E-state index contributed by atoms with van der Waals surface area (Å²) in [5.41, 5.74) is -0.457. The van der Waals surface area contributed by atoms with Gasteiger partial charge in [0.15, 0.2) is 0 Å². The average molecular weight is 1470 g/mol. The summed E-state index contributed by atoms with van der Waals surface area (Å²) in [5, 5.41) is 26.4. The number of ether oxygens (including phenoxy) is 7. The van der Waals surface area contributed by atoms with Crippen LogP contribution in [0.4, 0.5) is 9.59 Å². The normalized spacial score (nSPS) is 13.0. The molecule has 0 saturated heterocycles. The van der Waals surface area contributed by atoms with Gasteiger partial charge in [0.2, 0.25) is 29.5 Å². The largest absolute Gasteiger partial charge is 0.460 e. The van der Waals surface area contributed by atoms with Gasteiger partial charge in [0, 0.05) is 56.6 Å². The summed E-state index contributed by atoms with van der Waals surface area (Å²) < 4.78 is 38.1. The van der Waals surface area contributed by atoms with Gasteiger partial charge in [0.25, 0.3) is 11.8 Å². The van der Waals surface area contributed by atoms with Gasteiger partial charge >= 0.3 is 36.0 Å². The molecule has 0 saturated carbocycles. The van der Waals surface area contributed by atoms with Gasteiger partial charge in [-0.05, 0) is 163 Å². The maximum absolute atomic E-state index is 13.6. The van der Waals surface area contributed by atoms with E-state index < -0.39 is 113 Å². The Morgan fingerprint density at radius 3 is 1.30 bits per heavy atom. The number of hydrogen-bond donors (Lipinski definition) is 10. The van der Waals surface area contributed by atoms with Gasteiger partial charge < -0.3 is 86.3 Å². The Balaban J connectivity index is 1.27. The zero-order valence-electron chi connectivity index (χ0n) is 63.0. The smallest absolute Gasteiger partial charge is 0.408 e. The molecule has 0 radical (unpaired) electrons. The van der Waals surface area contributed by atoms with E-state index in [-0.39, 0.29) is 103 Å². The molecule has 0 aliphatic heterocycles. The first-order valence-electron chi connectivity index (χ1n) is 35.8. The van der Waals surface area contributed by atoms with Crippen LogP contribution in [-0.2, 0) is 89.5 Å². The first-order valence-corrected chi connectivity index (χ1v) is 35.8. The lowest BCUT2D eigenvalue weighted by Crippen LogP contribution is -2.56. The van der Waals surface area contributed by atoms with Crippen molar-refractivity contribution in [1.29, 1.82) is 0 Å². The molecule has 10 amide bonds. The van der Waals surface area contributed by atoms with Gasteiger partial charge in [-0.25, -0.2) is 24.0 Å². The van der Waals surface area contributed by atoms with Crippen LogP contribution in [0, 0.1) is 0 Å². The molecule has 10 N–H and O–H groups in total. The summed E-state index contributed by atoms with van der Waals surface area (Å²) in [6.45, 7) is 21.4. The number of carbonyl (C=O) groups excluding carboxylic acids is 13. The molecule has 0 aromatic heterocycles. The molecule has 3 aromatic carbocycles. The van der Waals surface area contributed by atoms with Crippen LogP contribution in [-0.4, -0.2) is 183 Å². The third kappa shape index (κ3) is 41.4. The van der Waals surface area contributed by atoms with Crippen molar-refractivity contribution in [2.24, 2.45) is 0 Å². The molecule has 3 rings (SSSR count). The fraction of sp³-hybridized carbons (Fsp3) is 0.587. The van der Waals surface area contributed by atoms with Gasteiger partial charge in [-0.2, -0.15) is 0 Å². The number of rotatable bonds is 46. The molecule has 582 valence electrons. The van der Waals surface area contributed by atoms with Gasteiger partial charge in [-0.15, -0.1) is 0 Å².